The molecule has 0 fully saturated rings. The van der Waals surface area contributed by atoms with E-state index in [4.69, 9.17) is 30.0 Å². The first kappa shape index (κ1) is 39.0. The molecule has 2 N–H and O–H groups in total. The van der Waals surface area contributed by atoms with Gasteiger partial charge in [-0.1, -0.05) is 20.4 Å². The van der Waals surface area contributed by atoms with E-state index < -0.39 is 17.8 Å². The van der Waals surface area contributed by atoms with Crippen molar-refractivity contribution in [1.82, 2.24) is 29.2 Å². The van der Waals surface area contributed by atoms with Crippen molar-refractivity contribution in [2.45, 2.75) is 80.9 Å². The summed E-state index contributed by atoms with van der Waals surface area (Å²) >= 11 is 2.31. The molecular weight excluding hydrogens is 718 g/mol. The van der Waals surface area contributed by atoms with Crippen LogP contribution in [0.1, 0.15) is 72.5 Å². The number of nitrogens with zero attached hydrogens (tertiary/aromatic N) is 7. The minimum Gasteiger partial charge on any atom is -0.479 e. The number of carbonyl (C=O) groups is 1. The van der Waals surface area contributed by atoms with Gasteiger partial charge in [-0.25, -0.2) is 13.9 Å². The molecule has 0 aromatic carbocycles. The molecule has 0 aliphatic heterocycles. The Bertz CT molecular complexity index is 1590. The van der Waals surface area contributed by atoms with Crippen molar-refractivity contribution in [1.29, 1.82) is 0 Å². The number of aryl methyl sites for hydroxylation is 3. The van der Waals surface area contributed by atoms with E-state index in [0.29, 0.717) is 30.1 Å². The number of aromatic nitrogens is 5. The molecule has 0 saturated carbocycles. The fraction of sp³-hybridized carbons (Fsp3) is 0.531. The van der Waals surface area contributed by atoms with Crippen LogP contribution in [0.3, 0.4) is 0 Å². The highest BCUT2D eigenvalue weighted by Gasteiger charge is 2.28. The molecule has 254 valence electrons. The predicted octanol–water partition coefficient (Wildman–Crippen LogP) is 7.21. The first-order valence-electron chi connectivity index (χ1n) is 15.3. The van der Waals surface area contributed by atoms with Gasteiger partial charge in [-0.05, 0) is 89.6 Å². The third-order valence-corrected chi connectivity index (χ3v) is 8.57. The van der Waals surface area contributed by atoms with Crippen molar-refractivity contribution in [3.8, 4) is 17.1 Å². The molecule has 46 heavy (non-hydrogen) atoms. The Morgan fingerprint density at radius 3 is 2.46 bits per heavy atom. The van der Waals surface area contributed by atoms with Crippen LogP contribution in [0.25, 0.3) is 28.2 Å². The van der Waals surface area contributed by atoms with Gasteiger partial charge in [-0.3, -0.25) is 14.9 Å². The number of rotatable bonds is 12. The summed E-state index contributed by atoms with van der Waals surface area (Å²) in [5.41, 5.74) is 11.6. The summed E-state index contributed by atoms with van der Waals surface area (Å²) in [7, 11) is 3.48. The van der Waals surface area contributed by atoms with E-state index in [2.05, 4.69) is 38.7 Å². The summed E-state index contributed by atoms with van der Waals surface area (Å²) in [4.78, 5) is 24.3. The molecule has 2 atom stereocenters. The largest absolute Gasteiger partial charge is 0.479 e. The average molecular weight is 769 g/mol. The summed E-state index contributed by atoms with van der Waals surface area (Å²) in [5.74, 6) is 0.801. The molecule has 0 radical (unpaired) electrons. The van der Waals surface area contributed by atoms with Crippen molar-refractivity contribution < 1.29 is 19.0 Å². The average Bonchev–Trinajstić information content (AvgIpc) is 3.50. The standard InChI is InChI=1S/C30H44IN8O4P.C2H6/c1-12-22-21-14-23(34-20(6)26(21)39(36-22)44-31)25-19(5)35-37(11)28(25)42-17(3)15-38(29(40)43-30(7,8)9)16-24(33-10)18(4)27(32)41-13-2;1-2/h12,14,17,44H,1,13,15-16,32H2,2-11H3;1-2H3/b27-18+,33-24?;. The molecule has 0 bridgehead atoms. The zero-order chi connectivity index (χ0) is 34.9. The third kappa shape index (κ3) is 9.43. The first-order chi connectivity index (χ1) is 21.6. The van der Waals surface area contributed by atoms with Crippen LogP contribution < -0.4 is 10.5 Å². The molecule has 3 heterocycles. The molecule has 0 aliphatic carbocycles. The summed E-state index contributed by atoms with van der Waals surface area (Å²) < 4.78 is 21.4. The number of amides is 1. The summed E-state index contributed by atoms with van der Waals surface area (Å²) in [6.07, 6.45) is 1.23. The molecule has 3 aromatic rings. The van der Waals surface area contributed by atoms with Gasteiger partial charge in [0.15, 0.2) is 5.88 Å². The Balaban J connectivity index is 0.00000361. The number of halogens is 1. The Morgan fingerprint density at radius 2 is 1.91 bits per heavy atom. The second-order valence-corrected chi connectivity index (χ2v) is 13.4. The highest BCUT2D eigenvalue weighted by atomic mass is 127. The lowest BCUT2D eigenvalue weighted by Gasteiger charge is -2.30. The van der Waals surface area contributed by atoms with E-state index in [1.165, 1.54) is 0 Å². The molecule has 3 rings (SSSR count). The Morgan fingerprint density at radius 1 is 1.26 bits per heavy atom. The van der Waals surface area contributed by atoms with Crippen molar-refractivity contribution in [2.24, 2.45) is 17.8 Å². The highest BCUT2D eigenvalue weighted by Crippen LogP contribution is 2.38. The van der Waals surface area contributed by atoms with Gasteiger partial charge in [-0.2, -0.15) is 10.2 Å². The fourth-order valence-corrected chi connectivity index (χ4v) is 6.32. The Labute approximate surface area is 288 Å². The highest BCUT2D eigenvalue weighted by molar-refractivity contribution is 14.2. The summed E-state index contributed by atoms with van der Waals surface area (Å²) in [5, 5.41) is 10.3. The molecule has 2 unspecified atom stereocenters. The van der Waals surface area contributed by atoms with Gasteiger partial charge in [0.05, 0.1) is 65.6 Å². The summed E-state index contributed by atoms with van der Waals surface area (Å²) in [6, 6.07) is 2.01. The van der Waals surface area contributed by atoms with Crippen molar-refractivity contribution in [2.75, 3.05) is 26.7 Å². The zero-order valence-electron chi connectivity index (χ0n) is 29.3. The van der Waals surface area contributed by atoms with Gasteiger partial charge < -0.3 is 19.9 Å². The molecule has 3 aromatic heterocycles. The number of hydrogen-bond donors (Lipinski definition) is 1. The molecule has 12 nitrogen and oxygen atoms in total. The molecule has 0 saturated heterocycles. The topological polar surface area (TPSA) is 135 Å². The quantitative estimate of drug-likeness (QED) is 0.0885. The van der Waals surface area contributed by atoms with E-state index in [-0.39, 0.29) is 19.0 Å². The van der Waals surface area contributed by atoms with Crippen molar-refractivity contribution in [3.05, 3.63) is 41.2 Å². The van der Waals surface area contributed by atoms with Crippen LogP contribution in [0.15, 0.2) is 29.1 Å². The van der Waals surface area contributed by atoms with Crippen LogP contribution in [0.2, 0.25) is 0 Å². The predicted molar refractivity (Wildman–Crippen MR) is 198 cm³/mol. The number of hydrogen-bond acceptors (Lipinski definition) is 9. The van der Waals surface area contributed by atoms with E-state index >= 15 is 0 Å². The van der Waals surface area contributed by atoms with E-state index in [9.17, 15) is 4.79 Å². The van der Waals surface area contributed by atoms with Crippen LogP contribution in [0.4, 0.5) is 4.79 Å². The van der Waals surface area contributed by atoms with Crippen LogP contribution in [0, 0.1) is 13.8 Å². The normalized spacial score (nSPS) is 13.3. The number of pyridine rings is 1. The van der Waals surface area contributed by atoms with E-state index in [0.717, 1.165) is 39.2 Å². The Hall–Kier alpha value is -3.19. The lowest BCUT2D eigenvalue weighted by Crippen LogP contribution is -2.44. The van der Waals surface area contributed by atoms with E-state index in [1.807, 2.05) is 86.8 Å². The molecule has 1 amide bonds. The van der Waals surface area contributed by atoms with Crippen molar-refractivity contribution in [3.63, 3.8) is 0 Å². The second kappa shape index (κ2) is 17.1. The van der Waals surface area contributed by atoms with E-state index in [1.54, 1.807) is 22.7 Å². The SMILES string of the molecule is C=Cc1nn(PI)c2c(C)nc(-c3c(C)nn(C)c3OC(C)CN(CC(=NC)/C(C)=C(\N)OCC)C(=O)OC(C)(C)C)cc12.CC. The number of ether oxygens (including phenoxy) is 3. The molecule has 14 heteroatoms. The zero-order valence-corrected chi connectivity index (χ0v) is 32.4. The van der Waals surface area contributed by atoms with Gasteiger partial charge in [0, 0.05) is 25.1 Å². The van der Waals surface area contributed by atoms with Crippen LogP contribution in [0.5, 0.6) is 5.88 Å². The van der Waals surface area contributed by atoms with Gasteiger partial charge in [0.2, 0.25) is 5.88 Å². The van der Waals surface area contributed by atoms with Gasteiger partial charge in [0.25, 0.3) is 0 Å². The molecular formula is C32H50IN8O4P. The maximum absolute atomic E-state index is 13.4. The maximum Gasteiger partial charge on any atom is 0.410 e. The molecule has 0 aliphatic rings. The fourth-order valence-electron chi connectivity index (χ4n) is 4.76. The first-order valence-corrected chi connectivity index (χ1v) is 19.3. The lowest BCUT2D eigenvalue weighted by molar-refractivity contribution is 0.0210. The number of nitrogens with two attached hydrogens (primary N) is 1. The number of fused-ring (bicyclic) bond motifs is 1. The molecule has 0 spiro atoms. The lowest BCUT2D eigenvalue weighted by atomic mass is 10.1. The van der Waals surface area contributed by atoms with Crippen LogP contribution >= 0.6 is 28.4 Å². The van der Waals surface area contributed by atoms with Gasteiger partial charge in [-0.15, -0.1) is 0 Å². The van der Waals surface area contributed by atoms with Crippen LogP contribution in [-0.4, -0.2) is 79.5 Å². The maximum atomic E-state index is 13.4. The minimum absolute atomic E-state index is 0.152. The monoisotopic (exact) mass is 768 g/mol. The summed E-state index contributed by atoms with van der Waals surface area (Å²) in [6.45, 7) is 23.7. The van der Waals surface area contributed by atoms with Crippen LogP contribution in [-0.2, 0) is 16.5 Å². The Kier molecular flexibility index (Phi) is 14.5. The number of carbonyl (C=O) groups excluding carboxylic acids is 1. The van der Waals surface area contributed by atoms with Gasteiger partial charge in [0.1, 0.15) is 11.7 Å². The third-order valence-electron chi connectivity index (χ3n) is 6.72. The second-order valence-electron chi connectivity index (χ2n) is 11.3. The smallest absolute Gasteiger partial charge is 0.410 e. The van der Waals surface area contributed by atoms with Crippen molar-refractivity contribution >= 4 is 57.2 Å². The van der Waals surface area contributed by atoms with Gasteiger partial charge >= 0.3 is 6.09 Å². The minimum atomic E-state index is -0.692. The number of aliphatic imine (C=N–C) groups is 1.